The number of hydrogen-bond acceptors (Lipinski definition) is 4. The van der Waals surface area contributed by atoms with E-state index in [2.05, 4.69) is 5.32 Å². The van der Waals surface area contributed by atoms with E-state index < -0.39 is 0 Å². The maximum absolute atomic E-state index is 12.9. The third kappa shape index (κ3) is 3.60. The molecule has 1 aromatic heterocycles. The topological polar surface area (TPSA) is 54.7 Å². The van der Waals surface area contributed by atoms with Crippen LogP contribution in [0.4, 0.5) is 4.39 Å². The molecule has 138 valence electrons. The lowest BCUT2D eigenvalue weighted by atomic mass is 9.78. The Bertz CT molecular complexity index is 756. The Morgan fingerprint density at radius 2 is 1.92 bits per heavy atom. The number of furan rings is 1. The van der Waals surface area contributed by atoms with Gasteiger partial charge in [0, 0.05) is 19.6 Å². The Kier molecular flexibility index (Phi) is 4.68. The van der Waals surface area contributed by atoms with Gasteiger partial charge in [-0.2, -0.15) is 0 Å². The number of ether oxygens (including phenoxy) is 1. The van der Waals surface area contributed by atoms with E-state index in [4.69, 9.17) is 9.15 Å². The second-order valence-electron chi connectivity index (χ2n) is 7.23. The Hall–Kier alpha value is -2.34. The van der Waals surface area contributed by atoms with Crippen LogP contribution in [0, 0.1) is 11.2 Å². The van der Waals surface area contributed by atoms with Gasteiger partial charge < -0.3 is 19.4 Å². The number of carbonyl (C=O) groups excluding carboxylic acids is 1. The van der Waals surface area contributed by atoms with Crippen molar-refractivity contribution in [3.05, 3.63) is 53.7 Å². The molecule has 3 heterocycles. The van der Waals surface area contributed by atoms with Crippen molar-refractivity contribution in [1.82, 2.24) is 10.2 Å². The van der Waals surface area contributed by atoms with Crippen LogP contribution in [0.15, 0.2) is 40.8 Å². The highest BCUT2D eigenvalue weighted by molar-refractivity contribution is 5.91. The van der Waals surface area contributed by atoms with Gasteiger partial charge in [-0.15, -0.1) is 0 Å². The van der Waals surface area contributed by atoms with E-state index in [1.54, 1.807) is 24.3 Å². The quantitative estimate of drug-likeness (QED) is 0.912. The van der Waals surface area contributed by atoms with E-state index in [1.165, 1.54) is 18.6 Å². The van der Waals surface area contributed by atoms with Crippen molar-refractivity contribution in [2.75, 3.05) is 26.2 Å². The molecule has 2 fully saturated rings. The Morgan fingerprint density at radius 1 is 1.15 bits per heavy atom. The molecule has 0 bridgehead atoms. The molecule has 0 unspecified atom stereocenters. The van der Waals surface area contributed by atoms with Crippen LogP contribution in [0.5, 0.6) is 5.75 Å². The predicted molar refractivity (Wildman–Crippen MR) is 94.5 cm³/mol. The van der Waals surface area contributed by atoms with Crippen LogP contribution in [-0.4, -0.2) is 37.0 Å². The number of piperidine rings is 1. The molecule has 2 saturated heterocycles. The van der Waals surface area contributed by atoms with Crippen molar-refractivity contribution in [2.45, 2.75) is 25.9 Å². The number of halogens is 1. The first-order valence-electron chi connectivity index (χ1n) is 9.11. The summed E-state index contributed by atoms with van der Waals surface area (Å²) < 4.78 is 24.1. The van der Waals surface area contributed by atoms with Crippen molar-refractivity contribution in [2.24, 2.45) is 5.41 Å². The zero-order valence-corrected chi connectivity index (χ0v) is 14.7. The molecule has 0 atom stereocenters. The van der Waals surface area contributed by atoms with Gasteiger partial charge >= 0.3 is 0 Å². The molecule has 1 aromatic carbocycles. The van der Waals surface area contributed by atoms with Crippen molar-refractivity contribution in [3.63, 3.8) is 0 Å². The molecule has 0 radical (unpaired) electrons. The monoisotopic (exact) mass is 358 g/mol. The van der Waals surface area contributed by atoms with Gasteiger partial charge in [0.2, 0.25) is 0 Å². The number of carbonyl (C=O) groups is 1. The third-order valence-electron chi connectivity index (χ3n) is 5.51. The van der Waals surface area contributed by atoms with Gasteiger partial charge in [0.15, 0.2) is 5.76 Å². The summed E-state index contributed by atoms with van der Waals surface area (Å²) in [4.78, 5) is 14.5. The van der Waals surface area contributed by atoms with Crippen LogP contribution in [-0.2, 0) is 6.61 Å². The molecule has 6 heteroatoms. The number of nitrogens with zero attached hydrogens (tertiary/aromatic N) is 1. The normalized spacial score (nSPS) is 19.0. The average molecular weight is 358 g/mol. The van der Waals surface area contributed by atoms with Crippen LogP contribution >= 0.6 is 0 Å². The molecule has 2 aromatic rings. The number of benzene rings is 1. The minimum Gasteiger partial charge on any atom is -0.486 e. The van der Waals surface area contributed by atoms with E-state index in [-0.39, 0.29) is 18.3 Å². The van der Waals surface area contributed by atoms with E-state index in [0.717, 1.165) is 39.0 Å². The molecule has 2 aliphatic heterocycles. The van der Waals surface area contributed by atoms with Crippen molar-refractivity contribution < 1.29 is 18.3 Å². The highest BCUT2D eigenvalue weighted by Gasteiger charge is 2.38. The van der Waals surface area contributed by atoms with Gasteiger partial charge in [0.05, 0.1) is 0 Å². The van der Waals surface area contributed by atoms with Crippen LogP contribution in [0.3, 0.4) is 0 Å². The molecular formula is C20H23FN2O3. The summed E-state index contributed by atoms with van der Waals surface area (Å²) in [5, 5.41) is 3.44. The predicted octanol–water partition coefficient (Wildman–Crippen LogP) is 3.21. The van der Waals surface area contributed by atoms with Crippen molar-refractivity contribution >= 4 is 5.91 Å². The summed E-state index contributed by atoms with van der Waals surface area (Å²) in [6.45, 7) is 3.92. The number of nitrogens with one attached hydrogen (secondary N) is 1. The minimum absolute atomic E-state index is 0.0566. The summed E-state index contributed by atoms with van der Waals surface area (Å²) in [7, 11) is 0. The maximum atomic E-state index is 12.9. The molecule has 4 rings (SSSR count). The average Bonchev–Trinajstić information content (AvgIpc) is 3.31. The molecule has 0 aliphatic carbocycles. The molecular weight excluding hydrogens is 335 g/mol. The van der Waals surface area contributed by atoms with Gasteiger partial charge in [-0.3, -0.25) is 4.79 Å². The van der Waals surface area contributed by atoms with E-state index in [0.29, 0.717) is 22.7 Å². The van der Waals surface area contributed by atoms with Crippen molar-refractivity contribution in [3.8, 4) is 5.75 Å². The Balaban J connectivity index is 1.32. The largest absolute Gasteiger partial charge is 0.486 e. The molecule has 1 spiro atoms. The molecule has 0 saturated carbocycles. The van der Waals surface area contributed by atoms with Crippen LogP contribution in [0.2, 0.25) is 0 Å². The number of likely N-dealkylation sites (tertiary alicyclic amines) is 1. The summed E-state index contributed by atoms with van der Waals surface area (Å²) in [6, 6.07) is 9.26. The van der Waals surface area contributed by atoms with Crippen LogP contribution in [0.25, 0.3) is 0 Å². The SMILES string of the molecule is O=C(c1ccc(COc2ccc(F)cc2)o1)N1CCC2(CCNC2)CC1. The summed E-state index contributed by atoms with van der Waals surface area (Å²) in [5.41, 5.74) is 0.383. The first-order chi connectivity index (χ1) is 12.6. The van der Waals surface area contributed by atoms with Gasteiger partial charge in [0.1, 0.15) is 23.9 Å². The second-order valence-corrected chi connectivity index (χ2v) is 7.23. The first-order valence-corrected chi connectivity index (χ1v) is 9.11. The standard InChI is InChI=1S/C20H23FN2O3/c21-15-1-3-16(4-2-15)25-13-17-5-6-18(26-17)19(24)23-11-8-20(9-12-23)7-10-22-14-20/h1-6,22H,7-14H2. The molecule has 26 heavy (non-hydrogen) atoms. The van der Waals surface area contributed by atoms with E-state index in [1.807, 2.05) is 4.90 Å². The highest BCUT2D eigenvalue weighted by Crippen LogP contribution is 2.37. The Morgan fingerprint density at radius 3 is 2.62 bits per heavy atom. The first kappa shape index (κ1) is 17.1. The lowest BCUT2D eigenvalue weighted by molar-refractivity contribution is 0.0573. The summed E-state index contributed by atoms with van der Waals surface area (Å²) in [5.74, 6) is 1.12. The lowest BCUT2D eigenvalue weighted by Gasteiger charge is -2.38. The zero-order valence-electron chi connectivity index (χ0n) is 14.7. The highest BCUT2D eigenvalue weighted by atomic mass is 19.1. The maximum Gasteiger partial charge on any atom is 0.289 e. The van der Waals surface area contributed by atoms with Gasteiger partial charge in [-0.25, -0.2) is 4.39 Å². The zero-order chi connectivity index (χ0) is 18.0. The number of hydrogen-bond donors (Lipinski definition) is 1. The van der Waals surface area contributed by atoms with E-state index in [9.17, 15) is 9.18 Å². The van der Waals surface area contributed by atoms with Gasteiger partial charge in [0.25, 0.3) is 5.91 Å². The smallest absolute Gasteiger partial charge is 0.289 e. The fourth-order valence-corrected chi connectivity index (χ4v) is 3.82. The summed E-state index contributed by atoms with van der Waals surface area (Å²) in [6.07, 6.45) is 3.31. The minimum atomic E-state index is -0.306. The number of rotatable bonds is 4. The third-order valence-corrected chi connectivity index (χ3v) is 5.51. The van der Waals surface area contributed by atoms with Gasteiger partial charge in [-0.1, -0.05) is 0 Å². The lowest BCUT2D eigenvalue weighted by Crippen LogP contribution is -2.43. The fourth-order valence-electron chi connectivity index (χ4n) is 3.82. The molecule has 2 aliphatic rings. The number of amides is 1. The van der Waals surface area contributed by atoms with Crippen molar-refractivity contribution in [1.29, 1.82) is 0 Å². The summed E-state index contributed by atoms with van der Waals surface area (Å²) >= 11 is 0. The molecule has 5 nitrogen and oxygen atoms in total. The van der Waals surface area contributed by atoms with Crippen LogP contribution in [0.1, 0.15) is 35.6 Å². The van der Waals surface area contributed by atoms with E-state index >= 15 is 0 Å². The second kappa shape index (κ2) is 7.11. The molecule has 1 N–H and O–H groups in total. The van der Waals surface area contributed by atoms with Crippen LogP contribution < -0.4 is 10.1 Å². The molecule has 1 amide bonds. The Labute approximate surface area is 152 Å². The van der Waals surface area contributed by atoms with Gasteiger partial charge in [-0.05, 0) is 67.6 Å². The fraction of sp³-hybridized carbons (Fsp3) is 0.450.